The van der Waals surface area contributed by atoms with E-state index in [1.165, 1.54) is 0 Å². The molecule has 0 atom stereocenters. The quantitative estimate of drug-likeness (QED) is 0.192. The van der Waals surface area contributed by atoms with Gasteiger partial charge in [0.15, 0.2) is 0 Å². The Bertz CT molecular complexity index is 3860. The van der Waals surface area contributed by atoms with Crippen molar-refractivity contribution in [3.63, 3.8) is 0 Å². The van der Waals surface area contributed by atoms with E-state index < -0.39 is 245 Å². The summed E-state index contributed by atoms with van der Waals surface area (Å²) in [6.45, 7) is 0. The van der Waals surface area contributed by atoms with Gasteiger partial charge in [-0.2, -0.15) is 0 Å². The molecule has 1 heteroatoms. The van der Waals surface area contributed by atoms with E-state index in [0.717, 1.165) is 0 Å². The molecule has 0 radical (unpaired) electrons. The molecule has 0 saturated carbocycles. The smallest absolute Gasteiger partial charge is 0.135 e. The minimum atomic E-state index is -1.03. The summed E-state index contributed by atoms with van der Waals surface area (Å²) in [5.41, 5.74) is -5.55. The van der Waals surface area contributed by atoms with Crippen LogP contribution in [0, 0.1) is 0 Å². The summed E-state index contributed by atoms with van der Waals surface area (Å²) in [5.74, 6) is 0. The highest BCUT2D eigenvalue weighted by Gasteiger charge is 2.17. The Morgan fingerprint density at radius 1 is 0.349 bits per heavy atom. The number of fused-ring (bicyclic) bond motifs is 6. The largest absolute Gasteiger partial charge is 0.456 e. The third-order valence-corrected chi connectivity index (χ3v) is 6.95. The summed E-state index contributed by atoms with van der Waals surface area (Å²) < 4.78 is 238. The average Bonchev–Trinajstić information content (AvgIpc) is 3.73. The lowest BCUT2D eigenvalue weighted by molar-refractivity contribution is 0.669. The Balaban J connectivity index is 1.61. The molecule has 0 unspecified atom stereocenters. The molecule has 9 aromatic rings. The molecule has 0 aliphatic rings. The normalized spacial score (nSPS) is 20.2. The van der Waals surface area contributed by atoms with Crippen LogP contribution < -0.4 is 0 Å². The lowest BCUT2D eigenvalue weighted by Crippen LogP contribution is -1.91. The lowest BCUT2D eigenvalue weighted by atomic mass is 9.85. The SMILES string of the molecule is [2H]c1c([2H])c([2H])c(-c2c3c([2H])c([2H])c([2H])c([2H])c3c(-c3c([2H])c([2H])c4c([2H])c([2H])c([2H])c(-c5c([2H])c([2H])c6oc7c([2H])c([2H])c([2H])c([2H])c7c6c5[2H])c4c3[2H])c3c([2H])c([2H])c([2H])c([2H])c23)c([2H])c1[2H]. The maximum atomic E-state index is 9.96. The summed E-state index contributed by atoms with van der Waals surface area (Å²) in [5, 5.41) is -5.16. The van der Waals surface area contributed by atoms with Crippen molar-refractivity contribution in [3.8, 4) is 33.4 Å². The summed E-state index contributed by atoms with van der Waals surface area (Å²) in [6, 6.07) is -23.8. The molecular formula is C42H26O. The number of hydrogen-bond donors (Lipinski definition) is 0. The first kappa shape index (κ1) is 9.69. The van der Waals surface area contributed by atoms with E-state index in [1.54, 1.807) is 0 Å². The summed E-state index contributed by atoms with van der Waals surface area (Å²) in [7, 11) is 0. The second-order valence-corrected chi connectivity index (χ2v) is 9.26. The number of furan rings is 1. The second-order valence-electron chi connectivity index (χ2n) is 9.26. The highest BCUT2D eigenvalue weighted by molar-refractivity contribution is 6.22. The van der Waals surface area contributed by atoms with E-state index in [4.69, 9.17) is 26.3 Å². The molecule has 0 spiro atoms. The maximum absolute atomic E-state index is 9.96. The van der Waals surface area contributed by atoms with Crippen molar-refractivity contribution in [3.05, 3.63) is 157 Å². The zero-order chi connectivity index (χ0) is 51.0. The highest BCUT2D eigenvalue weighted by Crippen LogP contribution is 2.44. The van der Waals surface area contributed by atoms with Crippen molar-refractivity contribution in [1.82, 2.24) is 0 Å². The van der Waals surface area contributed by atoms with Crippen LogP contribution >= 0.6 is 0 Å². The van der Waals surface area contributed by atoms with Crippen LogP contribution in [0.3, 0.4) is 0 Å². The number of para-hydroxylation sites is 1. The molecule has 0 bridgehead atoms. The van der Waals surface area contributed by atoms with E-state index in [-0.39, 0.29) is 0 Å². The van der Waals surface area contributed by atoms with Crippen LogP contribution in [0.4, 0.5) is 0 Å². The van der Waals surface area contributed by atoms with Gasteiger partial charge in [-0.1, -0.05) is 133 Å². The molecule has 0 fully saturated rings. The Kier molecular flexibility index (Phi) is 2.13. The Hall–Kier alpha value is -5.66. The van der Waals surface area contributed by atoms with Gasteiger partial charge < -0.3 is 4.42 Å². The van der Waals surface area contributed by atoms with E-state index in [9.17, 15) is 13.7 Å². The predicted octanol–water partition coefficient (Wildman–Crippen LogP) is 12.0. The zero-order valence-electron chi connectivity index (χ0n) is 47.4. The van der Waals surface area contributed by atoms with Gasteiger partial charge in [-0.3, -0.25) is 0 Å². The average molecular weight is 573 g/mol. The fraction of sp³-hybridized carbons (Fsp3) is 0. The van der Waals surface area contributed by atoms with Gasteiger partial charge in [0.25, 0.3) is 0 Å². The van der Waals surface area contributed by atoms with Crippen molar-refractivity contribution in [2.75, 3.05) is 0 Å². The summed E-state index contributed by atoms with van der Waals surface area (Å²) >= 11 is 0. The Morgan fingerprint density at radius 2 is 0.907 bits per heavy atom. The summed E-state index contributed by atoms with van der Waals surface area (Å²) in [4.78, 5) is 0. The number of benzene rings is 8. The first-order chi connectivity index (χ1) is 32.2. The molecule has 0 aliphatic carbocycles. The molecular weight excluding hydrogens is 520 g/mol. The van der Waals surface area contributed by atoms with Crippen LogP contribution in [-0.2, 0) is 0 Å². The predicted molar refractivity (Wildman–Crippen MR) is 183 cm³/mol. The molecule has 1 heterocycles. The third-order valence-electron chi connectivity index (χ3n) is 6.95. The van der Waals surface area contributed by atoms with E-state index in [1.807, 2.05) is 0 Å². The standard InChI is InChI=1S/C42H26O/c1-2-11-28(12-3-1)41-33-15-4-6-17-35(33)42(36-18-7-5-16-34(36)41)30-22-21-27-13-10-19-31(37(27)26-30)29-23-24-40-38(25-29)32-14-8-9-20-39(32)43-40/h1-26H/i1D,2D,3D,4D,5D,6D,7D,8D,9D,10D,11D,12D,13D,14D,15D,16D,17D,18D,19D,20D,21D,22D,23D,24D,25D,26D. The van der Waals surface area contributed by atoms with Gasteiger partial charge in [-0.15, -0.1) is 0 Å². The van der Waals surface area contributed by atoms with Crippen molar-refractivity contribution < 1.29 is 40.1 Å². The molecule has 0 amide bonds. The Labute approximate surface area is 285 Å². The van der Waals surface area contributed by atoms with Gasteiger partial charge >= 0.3 is 0 Å². The summed E-state index contributed by atoms with van der Waals surface area (Å²) in [6.07, 6.45) is 0. The molecule has 8 aromatic carbocycles. The molecule has 1 aromatic heterocycles. The first-order valence-corrected chi connectivity index (χ1v) is 12.7. The molecule has 0 aliphatic heterocycles. The molecule has 9 rings (SSSR count). The monoisotopic (exact) mass is 572 g/mol. The van der Waals surface area contributed by atoms with E-state index in [2.05, 4.69) is 0 Å². The van der Waals surface area contributed by atoms with Crippen LogP contribution in [0.1, 0.15) is 35.6 Å². The zero-order valence-corrected chi connectivity index (χ0v) is 21.4. The molecule has 43 heavy (non-hydrogen) atoms. The number of rotatable bonds is 3. The molecule has 0 N–H and O–H groups in total. The van der Waals surface area contributed by atoms with Crippen molar-refractivity contribution >= 4 is 54.3 Å². The highest BCUT2D eigenvalue weighted by atomic mass is 16.3. The van der Waals surface area contributed by atoms with Crippen molar-refractivity contribution in [2.45, 2.75) is 0 Å². The van der Waals surface area contributed by atoms with Crippen LogP contribution in [-0.4, -0.2) is 0 Å². The topological polar surface area (TPSA) is 13.1 Å². The van der Waals surface area contributed by atoms with E-state index >= 15 is 0 Å². The van der Waals surface area contributed by atoms with Gasteiger partial charge in [-0.25, -0.2) is 0 Å². The molecule has 0 saturated heterocycles. The van der Waals surface area contributed by atoms with Crippen molar-refractivity contribution in [1.29, 1.82) is 0 Å². The second kappa shape index (κ2) is 9.44. The first-order valence-electron chi connectivity index (χ1n) is 25.7. The van der Waals surface area contributed by atoms with Crippen LogP contribution in [0.15, 0.2) is 162 Å². The van der Waals surface area contributed by atoms with Crippen LogP contribution in [0.2, 0.25) is 0 Å². The van der Waals surface area contributed by atoms with E-state index in [0.29, 0.717) is 0 Å². The van der Waals surface area contributed by atoms with Crippen LogP contribution in [0.25, 0.3) is 87.6 Å². The minimum Gasteiger partial charge on any atom is -0.456 e. The molecule has 200 valence electrons. The van der Waals surface area contributed by atoms with Gasteiger partial charge in [-0.05, 0) is 89.9 Å². The maximum Gasteiger partial charge on any atom is 0.135 e. The fourth-order valence-electron chi connectivity index (χ4n) is 5.15. The van der Waals surface area contributed by atoms with Gasteiger partial charge in [0, 0.05) is 10.8 Å². The Morgan fingerprint density at radius 3 is 1.63 bits per heavy atom. The van der Waals surface area contributed by atoms with Gasteiger partial charge in [0.2, 0.25) is 0 Å². The fourth-order valence-corrected chi connectivity index (χ4v) is 5.15. The number of hydrogen-bond acceptors (Lipinski definition) is 1. The molecule has 1 nitrogen and oxygen atoms in total. The lowest BCUT2D eigenvalue weighted by Gasteiger charge is -2.18. The van der Waals surface area contributed by atoms with Crippen molar-refractivity contribution in [2.24, 2.45) is 0 Å². The minimum absolute atomic E-state index is 0.406. The third kappa shape index (κ3) is 3.72. The van der Waals surface area contributed by atoms with Crippen LogP contribution in [0.5, 0.6) is 0 Å². The van der Waals surface area contributed by atoms with Gasteiger partial charge in [0.05, 0.1) is 35.6 Å². The van der Waals surface area contributed by atoms with Gasteiger partial charge in [0.1, 0.15) is 11.2 Å².